The van der Waals surface area contributed by atoms with Crippen LogP contribution in [0.4, 0.5) is 5.82 Å². The summed E-state index contributed by atoms with van der Waals surface area (Å²) in [6.07, 6.45) is 6.34. The van der Waals surface area contributed by atoms with Crippen LogP contribution in [0.2, 0.25) is 0 Å². The molecule has 2 aromatic heterocycles. The van der Waals surface area contributed by atoms with Gasteiger partial charge in [0.2, 0.25) is 0 Å². The first kappa shape index (κ1) is 15.5. The molecule has 0 spiro atoms. The van der Waals surface area contributed by atoms with Crippen molar-refractivity contribution in [3.63, 3.8) is 0 Å². The lowest BCUT2D eigenvalue weighted by Crippen LogP contribution is -2.07. The third-order valence-electron chi connectivity index (χ3n) is 3.47. The van der Waals surface area contributed by atoms with Gasteiger partial charge in [-0.05, 0) is 54.1 Å². The molecule has 2 heterocycles. The molecule has 0 radical (unpaired) electrons. The Bertz CT molecular complexity index is 919. The summed E-state index contributed by atoms with van der Waals surface area (Å²) >= 11 is 0. The number of amidine groups is 1. The van der Waals surface area contributed by atoms with E-state index in [1.807, 2.05) is 36.4 Å². The normalized spacial score (nSPS) is 12.0. The molecule has 6 nitrogen and oxygen atoms in total. The summed E-state index contributed by atoms with van der Waals surface area (Å²) in [5, 5.41) is 1.93. The first-order chi connectivity index (χ1) is 11.7. The summed E-state index contributed by atoms with van der Waals surface area (Å²) in [7, 11) is 1.63. The monoisotopic (exact) mass is 319 g/mol. The Labute approximate surface area is 139 Å². The van der Waals surface area contributed by atoms with Crippen LogP contribution in [0, 0.1) is 0 Å². The topological polar surface area (TPSA) is 99.4 Å². The number of fused-ring (bicyclic) bond motifs is 1. The Hall–Kier alpha value is -3.41. The molecule has 6 heteroatoms. The van der Waals surface area contributed by atoms with Gasteiger partial charge in [0.25, 0.3) is 0 Å². The van der Waals surface area contributed by atoms with Crippen molar-refractivity contribution >= 4 is 22.4 Å². The van der Waals surface area contributed by atoms with E-state index in [1.54, 1.807) is 19.5 Å². The van der Waals surface area contributed by atoms with Gasteiger partial charge in [0, 0.05) is 23.3 Å². The van der Waals surface area contributed by atoms with E-state index in [0.29, 0.717) is 5.82 Å². The molecule has 0 aliphatic heterocycles. The maximum atomic E-state index is 5.81. The average molecular weight is 319 g/mol. The summed E-state index contributed by atoms with van der Waals surface area (Å²) in [6, 6.07) is 11.5. The van der Waals surface area contributed by atoms with Gasteiger partial charge in [-0.2, -0.15) is 0 Å². The molecule has 0 unspecified atom stereocenters. The maximum absolute atomic E-state index is 5.81. The van der Waals surface area contributed by atoms with E-state index in [2.05, 4.69) is 15.0 Å². The second-order valence-corrected chi connectivity index (χ2v) is 5.05. The van der Waals surface area contributed by atoms with Crippen LogP contribution in [0.5, 0.6) is 5.75 Å². The summed E-state index contributed by atoms with van der Waals surface area (Å²) in [5.41, 5.74) is 12.8. The van der Waals surface area contributed by atoms with E-state index in [9.17, 15) is 0 Å². The van der Waals surface area contributed by atoms with Gasteiger partial charge in [0.1, 0.15) is 11.6 Å². The number of benzene rings is 1. The molecule has 3 aromatic rings. The van der Waals surface area contributed by atoms with Crippen molar-refractivity contribution in [3.8, 4) is 17.0 Å². The van der Waals surface area contributed by atoms with E-state index in [0.717, 1.165) is 27.8 Å². The third kappa shape index (κ3) is 3.17. The molecule has 3 rings (SSSR count). The van der Waals surface area contributed by atoms with Gasteiger partial charge < -0.3 is 16.2 Å². The van der Waals surface area contributed by atoms with Gasteiger partial charge in [0.15, 0.2) is 5.82 Å². The highest BCUT2D eigenvalue weighted by molar-refractivity contribution is 5.98. The molecule has 0 saturated heterocycles. The van der Waals surface area contributed by atoms with Gasteiger partial charge in [-0.1, -0.05) is 0 Å². The van der Waals surface area contributed by atoms with E-state index < -0.39 is 0 Å². The Morgan fingerprint density at radius 3 is 2.83 bits per heavy atom. The molecule has 0 aliphatic rings. The molecule has 4 N–H and O–H groups in total. The molecule has 0 atom stereocenters. The minimum atomic E-state index is 0.282. The smallest absolute Gasteiger partial charge is 0.155 e. The van der Waals surface area contributed by atoms with Crippen LogP contribution in [-0.4, -0.2) is 22.9 Å². The molecule has 0 saturated carbocycles. The lowest BCUT2D eigenvalue weighted by Gasteiger charge is -2.09. The van der Waals surface area contributed by atoms with Crippen molar-refractivity contribution < 1.29 is 4.74 Å². The van der Waals surface area contributed by atoms with E-state index >= 15 is 0 Å². The number of nitrogens with two attached hydrogens (primary N) is 2. The number of aliphatic imine (C=N–C) groups is 1. The average Bonchev–Trinajstić information content (AvgIpc) is 2.61. The van der Waals surface area contributed by atoms with Crippen LogP contribution in [0.1, 0.15) is 0 Å². The number of rotatable bonds is 4. The van der Waals surface area contributed by atoms with Gasteiger partial charge in [-0.3, -0.25) is 4.98 Å². The minimum absolute atomic E-state index is 0.282. The number of methoxy groups -OCH3 is 1. The van der Waals surface area contributed by atoms with Crippen molar-refractivity contribution in [2.75, 3.05) is 7.11 Å². The van der Waals surface area contributed by atoms with Crippen molar-refractivity contribution in [1.29, 1.82) is 0 Å². The van der Waals surface area contributed by atoms with Crippen LogP contribution in [0.3, 0.4) is 0 Å². The van der Waals surface area contributed by atoms with E-state index in [4.69, 9.17) is 16.2 Å². The molecule has 0 amide bonds. The van der Waals surface area contributed by atoms with Gasteiger partial charge in [-0.15, -0.1) is 0 Å². The van der Waals surface area contributed by atoms with Gasteiger partial charge >= 0.3 is 0 Å². The fourth-order valence-electron chi connectivity index (χ4n) is 2.40. The second-order valence-electron chi connectivity index (χ2n) is 5.05. The Balaban J connectivity index is 2.26. The third-order valence-corrected chi connectivity index (χ3v) is 3.47. The number of pyridine rings is 2. The predicted molar refractivity (Wildman–Crippen MR) is 96.1 cm³/mol. The fourth-order valence-corrected chi connectivity index (χ4v) is 2.40. The largest absolute Gasteiger partial charge is 0.497 e. The maximum Gasteiger partial charge on any atom is 0.155 e. The lowest BCUT2D eigenvalue weighted by atomic mass is 10.0. The van der Waals surface area contributed by atoms with Crippen molar-refractivity contribution in [2.45, 2.75) is 0 Å². The highest BCUT2D eigenvalue weighted by atomic mass is 16.5. The standard InChI is InChI=1S/C18H17N5O/c1-24-14-4-5-15-13(9-14)10-17(22-16(20)6-7-19)23-18(15)12-3-2-8-21-11-12/h2-11H,19H2,1H3,(H2,20,22,23)/b7-6-. The highest BCUT2D eigenvalue weighted by Gasteiger charge is 2.09. The van der Waals surface area contributed by atoms with Gasteiger partial charge in [-0.25, -0.2) is 9.98 Å². The summed E-state index contributed by atoms with van der Waals surface area (Å²) < 4.78 is 5.31. The van der Waals surface area contributed by atoms with Crippen LogP contribution in [-0.2, 0) is 0 Å². The second kappa shape index (κ2) is 6.78. The molecule has 24 heavy (non-hydrogen) atoms. The number of aromatic nitrogens is 2. The summed E-state index contributed by atoms with van der Waals surface area (Å²) in [6.45, 7) is 0. The van der Waals surface area contributed by atoms with Crippen molar-refractivity contribution in [3.05, 3.63) is 61.1 Å². The van der Waals surface area contributed by atoms with E-state index in [1.165, 1.54) is 12.3 Å². The van der Waals surface area contributed by atoms with E-state index in [-0.39, 0.29) is 5.84 Å². The predicted octanol–water partition coefficient (Wildman–Crippen LogP) is 2.77. The quantitative estimate of drug-likeness (QED) is 0.569. The van der Waals surface area contributed by atoms with Crippen LogP contribution >= 0.6 is 0 Å². The molecule has 0 bridgehead atoms. The molecule has 1 aromatic carbocycles. The molecule has 120 valence electrons. The first-order valence-corrected chi connectivity index (χ1v) is 7.33. The molecular weight excluding hydrogens is 302 g/mol. The van der Waals surface area contributed by atoms with Gasteiger partial charge in [0.05, 0.1) is 12.8 Å². The summed E-state index contributed by atoms with van der Waals surface area (Å²) in [4.78, 5) is 13.1. The number of hydrogen-bond donors (Lipinski definition) is 2. The van der Waals surface area contributed by atoms with Crippen molar-refractivity contribution in [1.82, 2.24) is 9.97 Å². The highest BCUT2D eigenvalue weighted by Crippen LogP contribution is 2.32. The zero-order chi connectivity index (χ0) is 16.9. The lowest BCUT2D eigenvalue weighted by molar-refractivity contribution is 0.415. The summed E-state index contributed by atoms with van der Waals surface area (Å²) in [5.74, 6) is 1.53. The number of nitrogens with zero attached hydrogens (tertiary/aromatic N) is 3. The minimum Gasteiger partial charge on any atom is -0.497 e. The molecule has 0 fully saturated rings. The van der Waals surface area contributed by atoms with Crippen LogP contribution in [0.25, 0.3) is 22.0 Å². The Morgan fingerprint density at radius 2 is 2.12 bits per heavy atom. The first-order valence-electron chi connectivity index (χ1n) is 7.33. The Morgan fingerprint density at radius 1 is 1.25 bits per heavy atom. The number of hydrogen-bond acceptors (Lipinski definition) is 5. The zero-order valence-electron chi connectivity index (χ0n) is 13.2. The zero-order valence-corrected chi connectivity index (χ0v) is 13.2. The fraction of sp³-hybridized carbons (Fsp3) is 0.0556. The Kier molecular flexibility index (Phi) is 4.38. The van der Waals surface area contributed by atoms with Crippen LogP contribution < -0.4 is 16.2 Å². The molecule has 0 aliphatic carbocycles. The van der Waals surface area contributed by atoms with Crippen LogP contribution in [0.15, 0.2) is 66.1 Å². The molecular formula is C18H17N5O. The number of ether oxygens (including phenoxy) is 1. The SMILES string of the molecule is COc1ccc2c(-c3cccnc3)nc(N=C(N)/C=C\N)cc2c1. The van der Waals surface area contributed by atoms with Crippen molar-refractivity contribution in [2.24, 2.45) is 16.5 Å².